The summed E-state index contributed by atoms with van der Waals surface area (Å²) in [5.41, 5.74) is 12.5. The largest absolute Gasteiger partial charge is 0.278 e. The maximum atomic E-state index is 4.60. The lowest BCUT2D eigenvalue weighted by Crippen LogP contribution is -2.02. The number of fused-ring (bicyclic) bond motifs is 1. The van der Waals surface area contributed by atoms with E-state index in [2.05, 4.69) is 33.2 Å². The zero-order chi connectivity index (χ0) is 16.9. The Morgan fingerprint density at radius 3 is 1.36 bits per heavy atom. The molecular formula is C21H18N4. The molecule has 3 aromatic carbocycles. The minimum Gasteiger partial charge on any atom is -0.278 e. The van der Waals surface area contributed by atoms with Crippen LogP contribution in [0.25, 0.3) is 0 Å². The van der Waals surface area contributed by atoms with Gasteiger partial charge in [0.25, 0.3) is 0 Å². The fourth-order valence-electron chi connectivity index (χ4n) is 2.82. The Kier molecular flexibility index (Phi) is 4.25. The quantitative estimate of drug-likeness (QED) is 0.681. The molecule has 4 rings (SSSR count). The number of nitrogens with one attached hydrogen (secondary N) is 2. The molecule has 1 aliphatic rings. The Balaban J connectivity index is 1.59. The van der Waals surface area contributed by atoms with Gasteiger partial charge in [0.1, 0.15) is 0 Å². The van der Waals surface area contributed by atoms with Crippen LogP contribution in [0.4, 0.5) is 11.4 Å². The Bertz CT molecular complexity index is 838. The van der Waals surface area contributed by atoms with E-state index in [-0.39, 0.29) is 0 Å². The molecule has 0 bridgehead atoms. The molecule has 2 N–H and O–H groups in total. The van der Waals surface area contributed by atoms with Gasteiger partial charge in [-0.3, -0.25) is 10.9 Å². The van der Waals surface area contributed by atoms with Gasteiger partial charge >= 0.3 is 0 Å². The van der Waals surface area contributed by atoms with E-state index in [1.807, 2.05) is 72.8 Å². The molecule has 0 atom stereocenters. The Labute approximate surface area is 146 Å². The lowest BCUT2D eigenvalue weighted by atomic mass is 10.1. The van der Waals surface area contributed by atoms with Crippen molar-refractivity contribution in [1.82, 2.24) is 0 Å². The molecule has 0 aromatic heterocycles. The molecular weight excluding hydrogens is 308 g/mol. The van der Waals surface area contributed by atoms with Crippen LogP contribution in [-0.4, -0.2) is 11.4 Å². The van der Waals surface area contributed by atoms with Gasteiger partial charge in [-0.15, -0.1) is 0 Å². The number of hydrogen-bond donors (Lipinski definition) is 2. The van der Waals surface area contributed by atoms with Crippen LogP contribution in [0.3, 0.4) is 0 Å². The fraction of sp³-hybridized carbons (Fsp3) is 0.0476. The van der Waals surface area contributed by atoms with Gasteiger partial charge in [0.15, 0.2) is 0 Å². The standard InChI is InChI=1S/C21H18N4/c1-3-9-16(10-4-1)22-24-20-15-21(19-14-8-7-13-18(19)20)25-23-17-11-5-2-6-12-17/h1-14,22-23H,15H2/b24-20-,25-21-. The van der Waals surface area contributed by atoms with Gasteiger partial charge in [-0.2, -0.15) is 10.2 Å². The summed E-state index contributed by atoms with van der Waals surface area (Å²) in [5.74, 6) is 0. The molecule has 0 aliphatic heterocycles. The molecule has 0 unspecified atom stereocenters. The molecule has 4 nitrogen and oxygen atoms in total. The molecule has 0 radical (unpaired) electrons. The van der Waals surface area contributed by atoms with Crippen LogP contribution in [0.1, 0.15) is 17.5 Å². The van der Waals surface area contributed by atoms with Gasteiger partial charge in [0, 0.05) is 17.5 Å². The third kappa shape index (κ3) is 3.43. The first-order valence-corrected chi connectivity index (χ1v) is 8.25. The summed E-state index contributed by atoms with van der Waals surface area (Å²) in [6, 6.07) is 28.2. The summed E-state index contributed by atoms with van der Waals surface area (Å²) < 4.78 is 0. The topological polar surface area (TPSA) is 48.8 Å². The van der Waals surface area contributed by atoms with E-state index in [0.29, 0.717) is 6.42 Å². The van der Waals surface area contributed by atoms with Crippen LogP contribution in [0.2, 0.25) is 0 Å². The number of anilines is 2. The number of benzene rings is 3. The molecule has 0 saturated carbocycles. The van der Waals surface area contributed by atoms with Gasteiger partial charge in [0.05, 0.1) is 22.8 Å². The predicted molar refractivity (Wildman–Crippen MR) is 104 cm³/mol. The van der Waals surface area contributed by atoms with E-state index in [1.165, 1.54) is 0 Å². The molecule has 0 spiro atoms. The highest BCUT2D eigenvalue weighted by Gasteiger charge is 2.23. The lowest BCUT2D eigenvalue weighted by molar-refractivity contribution is 1.29. The highest BCUT2D eigenvalue weighted by molar-refractivity contribution is 6.28. The van der Waals surface area contributed by atoms with E-state index >= 15 is 0 Å². The van der Waals surface area contributed by atoms with Crippen LogP contribution in [0.5, 0.6) is 0 Å². The van der Waals surface area contributed by atoms with Crippen LogP contribution in [0.15, 0.2) is 95.1 Å². The van der Waals surface area contributed by atoms with E-state index < -0.39 is 0 Å². The number of hydrogen-bond acceptors (Lipinski definition) is 4. The summed E-state index contributed by atoms with van der Waals surface area (Å²) in [5, 5.41) is 9.20. The van der Waals surface area contributed by atoms with Crippen molar-refractivity contribution in [2.24, 2.45) is 10.2 Å². The summed E-state index contributed by atoms with van der Waals surface area (Å²) >= 11 is 0. The number of para-hydroxylation sites is 2. The molecule has 1 aliphatic carbocycles. The van der Waals surface area contributed by atoms with Crippen molar-refractivity contribution in [3.8, 4) is 0 Å². The van der Waals surface area contributed by atoms with Crippen LogP contribution < -0.4 is 10.9 Å². The fourth-order valence-corrected chi connectivity index (χ4v) is 2.82. The van der Waals surface area contributed by atoms with Crippen molar-refractivity contribution in [1.29, 1.82) is 0 Å². The smallest absolute Gasteiger partial charge is 0.0746 e. The van der Waals surface area contributed by atoms with Crippen molar-refractivity contribution >= 4 is 22.8 Å². The van der Waals surface area contributed by atoms with Crippen LogP contribution >= 0.6 is 0 Å². The summed E-state index contributed by atoms with van der Waals surface area (Å²) in [4.78, 5) is 0. The minimum atomic E-state index is 0.693. The van der Waals surface area contributed by atoms with E-state index in [0.717, 1.165) is 33.9 Å². The molecule has 0 saturated heterocycles. The molecule has 25 heavy (non-hydrogen) atoms. The molecule has 0 amide bonds. The normalized spacial score (nSPS) is 16.0. The Morgan fingerprint density at radius 2 is 0.920 bits per heavy atom. The van der Waals surface area contributed by atoms with Crippen molar-refractivity contribution in [2.75, 3.05) is 10.9 Å². The number of rotatable bonds is 4. The minimum absolute atomic E-state index is 0.693. The number of nitrogens with zero attached hydrogens (tertiary/aromatic N) is 2. The second kappa shape index (κ2) is 7.01. The van der Waals surface area contributed by atoms with E-state index in [1.54, 1.807) is 0 Å². The molecule has 4 heteroatoms. The van der Waals surface area contributed by atoms with Crippen molar-refractivity contribution in [3.63, 3.8) is 0 Å². The highest BCUT2D eigenvalue weighted by Crippen LogP contribution is 2.24. The first-order valence-electron chi connectivity index (χ1n) is 8.25. The average Bonchev–Trinajstić information content (AvgIpc) is 3.04. The molecule has 0 fully saturated rings. The van der Waals surface area contributed by atoms with Crippen LogP contribution in [-0.2, 0) is 0 Å². The predicted octanol–water partition coefficient (Wildman–Crippen LogP) is 4.72. The first-order chi connectivity index (χ1) is 12.4. The lowest BCUT2D eigenvalue weighted by Gasteiger charge is -2.02. The molecule has 122 valence electrons. The average molecular weight is 326 g/mol. The second-order valence-electron chi connectivity index (χ2n) is 5.80. The second-order valence-corrected chi connectivity index (χ2v) is 5.80. The zero-order valence-corrected chi connectivity index (χ0v) is 13.7. The van der Waals surface area contributed by atoms with Crippen molar-refractivity contribution in [2.45, 2.75) is 6.42 Å². The zero-order valence-electron chi connectivity index (χ0n) is 13.7. The van der Waals surface area contributed by atoms with Crippen molar-refractivity contribution in [3.05, 3.63) is 96.1 Å². The summed E-state index contributed by atoms with van der Waals surface area (Å²) in [6.07, 6.45) is 0.693. The Hall–Kier alpha value is -3.40. The van der Waals surface area contributed by atoms with Gasteiger partial charge < -0.3 is 0 Å². The van der Waals surface area contributed by atoms with E-state index in [4.69, 9.17) is 0 Å². The molecule has 3 aromatic rings. The third-order valence-electron chi connectivity index (χ3n) is 4.07. The monoisotopic (exact) mass is 326 g/mol. The summed E-state index contributed by atoms with van der Waals surface area (Å²) in [6.45, 7) is 0. The van der Waals surface area contributed by atoms with Gasteiger partial charge in [-0.05, 0) is 24.3 Å². The highest BCUT2D eigenvalue weighted by atomic mass is 15.3. The maximum absolute atomic E-state index is 4.60. The van der Waals surface area contributed by atoms with Gasteiger partial charge in [-0.25, -0.2) is 0 Å². The third-order valence-corrected chi connectivity index (χ3v) is 4.07. The summed E-state index contributed by atoms with van der Waals surface area (Å²) in [7, 11) is 0. The van der Waals surface area contributed by atoms with Crippen molar-refractivity contribution < 1.29 is 0 Å². The first kappa shape index (κ1) is 15.1. The Morgan fingerprint density at radius 1 is 0.520 bits per heavy atom. The van der Waals surface area contributed by atoms with Gasteiger partial charge in [0.2, 0.25) is 0 Å². The SMILES string of the molecule is c1ccc(N/N=C2/C/C(=N/Nc3ccccc3)c3ccccc32)cc1. The van der Waals surface area contributed by atoms with Gasteiger partial charge in [-0.1, -0.05) is 60.7 Å². The van der Waals surface area contributed by atoms with E-state index in [9.17, 15) is 0 Å². The van der Waals surface area contributed by atoms with Crippen LogP contribution in [0, 0.1) is 0 Å². The maximum Gasteiger partial charge on any atom is 0.0746 e. The molecule has 0 heterocycles. The number of hydrazone groups is 2.